The van der Waals surface area contributed by atoms with E-state index in [2.05, 4.69) is 11.6 Å². The van der Waals surface area contributed by atoms with Crippen LogP contribution in [-0.4, -0.2) is 16.9 Å². The average Bonchev–Trinajstić information content (AvgIpc) is 3.34. The van der Waals surface area contributed by atoms with Gasteiger partial charge in [-0.25, -0.2) is 4.39 Å². The fraction of sp³-hybridized carbons (Fsp3) is 0.647. The van der Waals surface area contributed by atoms with Crippen molar-refractivity contribution in [1.29, 1.82) is 0 Å². The second-order valence-electron chi connectivity index (χ2n) is 5.93. The van der Waals surface area contributed by atoms with E-state index in [9.17, 15) is 8.94 Å². The van der Waals surface area contributed by atoms with Gasteiger partial charge in [-0.15, -0.1) is 4.72 Å². The third-order valence-electron chi connectivity index (χ3n) is 3.89. The van der Waals surface area contributed by atoms with Gasteiger partial charge in [-0.1, -0.05) is 26.3 Å². The van der Waals surface area contributed by atoms with Gasteiger partial charge in [0.05, 0.1) is 12.6 Å². The predicted octanol–water partition coefficient (Wildman–Crippen LogP) is 4.12. The lowest BCUT2D eigenvalue weighted by atomic mass is 10.1. The maximum absolute atomic E-state index is 13.8. The molecule has 1 N–H and O–H groups in total. The summed E-state index contributed by atoms with van der Waals surface area (Å²) in [7, 11) is 0. The lowest BCUT2D eigenvalue weighted by molar-refractivity contribution is 0.284. The molecule has 1 aliphatic rings. The van der Waals surface area contributed by atoms with Gasteiger partial charge in [0.25, 0.3) is 0 Å². The Labute approximate surface area is 135 Å². The molecule has 124 valence electrons. The van der Waals surface area contributed by atoms with Crippen LogP contribution in [0.2, 0.25) is 0 Å². The molecule has 2 atom stereocenters. The van der Waals surface area contributed by atoms with Crippen molar-refractivity contribution in [1.82, 2.24) is 4.72 Å². The van der Waals surface area contributed by atoms with E-state index in [-0.39, 0.29) is 11.9 Å². The first-order valence-corrected chi connectivity index (χ1v) is 9.52. The monoisotopic (exact) mass is 327 g/mol. The van der Waals surface area contributed by atoms with Gasteiger partial charge < -0.3 is 9.29 Å². The molecule has 0 spiro atoms. The summed E-state index contributed by atoms with van der Waals surface area (Å²) in [6, 6.07) is 4.89. The first kappa shape index (κ1) is 17.6. The minimum absolute atomic E-state index is 0.0402. The number of halogens is 1. The van der Waals surface area contributed by atoms with Gasteiger partial charge in [-0.3, -0.25) is 0 Å². The molecule has 0 heterocycles. The number of benzene rings is 1. The molecule has 0 amide bonds. The SMILES string of the molecule is CCCC[S+]([O-])N[C@H](CC)c1ccc(F)c(OCC2CC2)c1. The minimum Gasteiger partial charge on any atom is -0.598 e. The largest absolute Gasteiger partial charge is 0.598 e. The van der Waals surface area contributed by atoms with Crippen LogP contribution in [0.25, 0.3) is 0 Å². The Balaban J connectivity index is 1.99. The highest BCUT2D eigenvalue weighted by Gasteiger charge is 2.23. The van der Waals surface area contributed by atoms with Gasteiger partial charge in [0.2, 0.25) is 0 Å². The molecule has 1 aromatic carbocycles. The number of unbranched alkanes of at least 4 members (excludes halogenated alkanes) is 1. The fourth-order valence-corrected chi connectivity index (χ4v) is 3.51. The molecule has 1 fully saturated rings. The minimum atomic E-state index is -1.05. The lowest BCUT2D eigenvalue weighted by Crippen LogP contribution is -2.30. The Morgan fingerprint density at radius 2 is 2.18 bits per heavy atom. The first-order chi connectivity index (χ1) is 10.6. The predicted molar refractivity (Wildman–Crippen MR) is 88.7 cm³/mol. The zero-order valence-corrected chi connectivity index (χ0v) is 14.3. The second kappa shape index (κ2) is 8.75. The molecule has 22 heavy (non-hydrogen) atoms. The van der Waals surface area contributed by atoms with Crippen molar-refractivity contribution < 1.29 is 13.7 Å². The first-order valence-electron chi connectivity index (χ1n) is 8.20. The molecule has 1 aromatic rings. The van der Waals surface area contributed by atoms with Crippen LogP contribution in [0.5, 0.6) is 5.75 Å². The van der Waals surface area contributed by atoms with Gasteiger partial charge in [-0.2, -0.15) is 0 Å². The summed E-state index contributed by atoms with van der Waals surface area (Å²) in [6.07, 6.45) is 5.12. The maximum atomic E-state index is 13.8. The summed E-state index contributed by atoms with van der Waals surface area (Å²) < 4.78 is 34.6. The van der Waals surface area contributed by atoms with E-state index in [0.29, 0.717) is 24.0 Å². The Morgan fingerprint density at radius 3 is 2.82 bits per heavy atom. The van der Waals surface area contributed by atoms with Crippen LogP contribution < -0.4 is 9.46 Å². The third-order valence-corrected chi connectivity index (χ3v) is 5.10. The molecule has 5 heteroatoms. The highest BCUT2D eigenvalue weighted by molar-refractivity contribution is 7.89. The number of rotatable bonds is 10. The van der Waals surface area contributed by atoms with E-state index in [1.54, 1.807) is 12.1 Å². The van der Waals surface area contributed by atoms with Gasteiger partial charge in [0.15, 0.2) is 11.6 Å². The quantitative estimate of drug-likeness (QED) is 0.658. The maximum Gasteiger partial charge on any atom is 0.165 e. The summed E-state index contributed by atoms with van der Waals surface area (Å²) in [5.41, 5.74) is 0.930. The van der Waals surface area contributed by atoms with E-state index in [4.69, 9.17) is 4.74 Å². The smallest absolute Gasteiger partial charge is 0.165 e. The Bertz CT molecular complexity index is 468. The van der Waals surface area contributed by atoms with E-state index in [0.717, 1.165) is 24.8 Å². The fourth-order valence-electron chi connectivity index (χ4n) is 2.22. The summed E-state index contributed by atoms with van der Waals surface area (Å²) in [6.45, 7) is 4.70. The summed E-state index contributed by atoms with van der Waals surface area (Å²) in [5.74, 6) is 1.22. The number of ether oxygens (including phenoxy) is 1. The molecular weight excluding hydrogens is 301 g/mol. The second-order valence-corrected chi connectivity index (χ2v) is 7.26. The molecular formula is C17H26FNO2S. The molecule has 0 aliphatic heterocycles. The topological polar surface area (TPSA) is 44.3 Å². The van der Waals surface area contributed by atoms with E-state index in [1.165, 1.54) is 18.9 Å². The zero-order valence-electron chi connectivity index (χ0n) is 13.4. The van der Waals surface area contributed by atoms with Crippen molar-refractivity contribution in [3.63, 3.8) is 0 Å². The van der Waals surface area contributed by atoms with E-state index >= 15 is 0 Å². The molecule has 3 nitrogen and oxygen atoms in total. The van der Waals surface area contributed by atoms with Crippen LogP contribution in [0.3, 0.4) is 0 Å². The van der Waals surface area contributed by atoms with Crippen LogP contribution in [0, 0.1) is 11.7 Å². The lowest BCUT2D eigenvalue weighted by Gasteiger charge is -2.20. The molecule has 1 aliphatic carbocycles. The summed E-state index contributed by atoms with van der Waals surface area (Å²) in [5, 5.41) is 0. The number of hydrogen-bond acceptors (Lipinski definition) is 3. The highest BCUT2D eigenvalue weighted by Crippen LogP contribution is 2.31. The van der Waals surface area contributed by atoms with Crippen molar-refractivity contribution in [2.45, 2.75) is 52.0 Å². The molecule has 0 aromatic heterocycles. The van der Waals surface area contributed by atoms with Crippen LogP contribution in [0.4, 0.5) is 4.39 Å². The number of hydrogen-bond donors (Lipinski definition) is 1. The average molecular weight is 327 g/mol. The number of nitrogens with one attached hydrogen (secondary N) is 1. The molecule has 2 rings (SSSR count). The van der Waals surface area contributed by atoms with Crippen LogP contribution >= 0.6 is 0 Å². The van der Waals surface area contributed by atoms with Gasteiger partial charge in [-0.05, 0) is 49.3 Å². The van der Waals surface area contributed by atoms with Crippen LogP contribution in [0.15, 0.2) is 18.2 Å². The van der Waals surface area contributed by atoms with Gasteiger partial charge in [0, 0.05) is 11.4 Å². The molecule has 0 saturated heterocycles. The van der Waals surface area contributed by atoms with Crippen LogP contribution in [0.1, 0.15) is 57.6 Å². The Kier molecular flexibility index (Phi) is 6.99. The van der Waals surface area contributed by atoms with Crippen molar-refractivity contribution in [3.05, 3.63) is 29.6 Å². The van der Waals surface area contributed by atoms with Crippen molar-refractivity contribution in [2.75, 3.05) is 12.4 Å². The standard InChI is InChI=1S/C17H26FNO2S/c1-3-5-10-22(20)19-16(4-2)14-8-9-15(18)17(11-14)21-12-13-6-7-13/h8-9,11,13,16,19H,3-7,10,12H2,1-2H3/t16-,22?/m1/s1. The summed E-state index contributed by atoms with van der Waals surface area (Å²) in [4.78, 5) is 0. The molecule has 0 bridgehead atoms. The van der Waals surface area contributed by atoms with E-state index < -0.39 is 11.4 Å². The molecule has 0 radical (unpaired) electrons. The van der Waals surface area contributed by atoms with Gasteiger partial charge in [0.1, 0.15) is 5.75 Å². The normalized spacial score (nSPS) is 17.3. The van der Waals surface area contributed by atoms with Crippen molar-refractivity contribution in [3.8, 4) is 5.75 Å². The van der Waals surface area contributed by atoms with Crippen molar-refractivity contribution in [2.24, 2.45) is 5.92 Å². The zero-order chi connectivity index (χ0) is 15.9. The van der Waals surface area contributed by atoms with Gasteiger partial charge >= 0.3 is 0 Å². The van der Waals surface area contributed by atoms with Crippen LogP contribution in [-0.2, 0) is 11.4 Å². The third kappa shape index (κ3) is 5.45. The Morgan fingerprint density at radius 1 is 1.41 bits per heavy atom. The highest BCUT2D eigenvalue weighted by atomic mass is 32.2. The molecule has 1 unspecified atom stereocenters. The van der Waals surface area contributed by atoms with E-state index in [1.807, 2.05) is 6.92 Å². The molecule has 1 saturated carbocycles. The Hall–Kier alpha value is -0.780. The summed E-state index contributed by atoms with van der Waals surface area (Å²) >= 11 is -1.05. The van der Waals surface area contributed by atoms with Crippen molar-refractivity contribution >= 4 is 11.4 Å².